The smallest absolute Gasteiger partial charge is 0.323 e. The summed E-state index contributed by atoms with van der Waals surface area (Å²) in [6.07, 6.45) is 3.89. The second-order valence-corrected chi connectivity index (χ2v) is 8.29. The van der Waals surface area contributed by atoms with Crippen molar-refractivity contribution in [1.82, 2.24) is 15.2 Å². The van der Waals surface area contributed by atoms with E-state index in [9.17, 15) is 14.4 Å². The van der Waals surface area contributed by atoms with Crippen LogP contribution in [0.1, 0.15) is 37.8 Å². The Kier molecular flexibility index (Phi) is 4.66. The van der Waals surface area contributed by atoms with Crippen LogP contribution in [0.15, 0.2) is 23.6 Å². The largest absolute Gasteiger partial charge is 0.325 e. The third kappa shape index (κ3) is 3.28. The number of carbonyl (C=O) groups excluding carboxylic acids is 3. The van der Waals surface area contributed by atoms with Crippen molar-refractivity contribution < 1.29 is 14.4 Å². The molecule has 0 bridgehead atoms. The number of rotatable bonds is 5. The van der Waals surface area contributed by atoms with E-state index in [1.54, 1.807) is 6.92 Å². The van der Waals surface area contributed by atoms with Gasteiger partial charge >= 0.3 is 6.03 Å². The predicted octanol–water partition coefficient (Wildman–Crippen LogP) is 2.96. The minimum absolute atomic E-state index is 0.325. The molecule has 28 heavy (non-hydrogen) atoms. The minimum Gasteiger partial charge on any atom is -0.323 e. The molecule has 7 nitrogen and oxygen atoms in total. The van der Waals surface area contributed by atoms with Crippen molar-refractivity contribution >= 4 is 34.3 Å². The van der Waals surface area contributed by atoms with Crippen LogP contribution in [0.5, 0.6) is 0 Å². The van der Waals surface area contributed by atoms with Gasteiger partial charge in [0.25, 0.3) is 5.91 Å². The lowest BCUT2D eigenvalue weighted by molar-refractivity contribution is -0.133. The van der Waals surface area contributed by atoms with Crippen molar-refractivity contribution in [2.75, 3.05) is 11.9 Å². The minimum atomic E-state index is -0.945. The second kappa shape index (κ2) is 7.01. The van der Waals surface area contributed by atoms with Crippen molar-refractivity contribution in [1.29, 1.82) is 0 Å². The molecule has 0 unspecified atom stereocenters. The van der Waals surface area contributed by atoms with E-state index >= 15 is 0 Å². The number of amides is 4. The Morgan fingerprint density at radius 2 is 2.11 bits per heavy atom. The molecule has 2 heterocycles. The van der Waals surface area contributed by atoms with Crippen LogP contribution in [-0.2, 0) is 22.4 Å². The molecule has 1 saturated heterocycles. The summed E-state index contributed by atoms with van der Waals surface area (Å²) >= 11 is 1.32. The van der Waals surface area contributed by atoms with Gasteiger partial charge in [-0.3, -0.25) is 14.5 Å². The molecule has 2 aromatic rings. The summed E-state index contributed by atoms with van der Waals surface area (Å²) in [4.78, 5) is 42.2. The van der Waals surface area contributed by atoms with Crippen molar-refractivity contribution in [3.63, 3.8) is 0 Å². The van der Waals surface area contributed by atoms with Gasteiger partial charge in [0.15, 0.2) is 5.13 Å². The highest BCUT2D eigenvalue weighted by molar-refractivity contribution is 7.14. The van der Waals surface area contributed by atoms with E-state index in [1.165, 1.54) is 28.9 Å². The van der Waals surface area contributed by atoms with E-state index in [2.05, 4.69) is 33.8 Å². The maximum absolute atomic E-state index is 12.4. The van der Waals surface area contributed by atoms with Gasteiger partial charge in [0, 0.05) is 10.9 Å². The number of urea groups is 1. The molecule has 4 amide bonds. The summed E-state index contributed by atoms with van der Waals surface area (Å²) in [5, 5.41) is 7.68. The lowest BCUT2D eigenvalue weighted by atomic mass is 9.99. The van der Waals surface area contributed by atoms with Crippen molar-refractivity contribution in [2.24, 2.45) is 0 Å². The fourth-order valence-electron chi connectivity index (χ4n) is 3.63. The monoisotopic (exact) mass is 398 g/mol. The van der Waals surface area contributed by atoms with Gasteiger partial charge in [0.2, 0.25) is 5.91 Å². The first-order valence-corrected chi connectivity index (χ1v) is 10.3. The lowest BCUT2D eigenvalue weighted by Gasteiger charge is -2.18. The molecule has 2 aliphatic rings. The summed E-state index contributed by atoms with van der Waals surface area (Å²) in [6, 6.07) is 5.84. The van der Waals surface area contributed by atoms with E-state index in [4.69, 9.17) is 0 Å². The summed E-state index contributed by atoms with van der Waals surface area (Å²) < 4.78 is 0. The molecule has 1 aliphatic carbocycles. The number of imide groups is 1. The number of hydrogen-bond donors (Lipinski definition) is 2. The molecular weight excluding hydrogens is 376 g/mol. The topological polar surface area (TPSA) is 91.4 Å². The molecule has 4 rings (SSSR count). The SMILES string of the molecule is CC[C@@]1(C)NC(=O)N(CC(=O)Nc2nc(-c3ccc4c(c3)CCC4)cs2)C1=O. The Morgan fingerprint density at radius 1 is 1.32 bits per heavy atom. The summed E-state index contributed by atoms with van der Waals surface area (Å²) in [6.45, 7) is 3.15. The highest BCUT2D eigenvalue weighted by Gasteiger charge is 2.47. The molecule has 1 atom stereocenters. The first kappa shape index (κ1) is 18.6. The quantitative estimate of drug-likeness (QED) is 0.758. The first-order valence-electron chi connectivity index (χ1n) is 9.41. The van der Waals surface area contributed by atoms with Crippen LogP contribution in [0.2, 0.25) is 0 Å². The van der Waals surface area contributed by atoms with Gasteiger partial charge in [-0.2, -0.15) is 0 Å². The molecule has 146 valence electrons. The maximum atomic E-state index is 12.4. The Balaban J connectivity index is 1.42. The summed E-state index contributed by atoms with van der Waals surface area (Å²) in [5.41, 5.74) is 3.67. The van der Waals surface area contributed by atoms with Gasteiger partial charge in [0.05, 0.1) is 5.69 Å². The third-order valence-corrected chi connectivity index (χ3v) is 6.26. The maximum Gasteiger partial charge on any atom is 0.325 e. The molecule has 1 aromatic carbocycles. The standard InChI is InChI=1S/C20H22N4O3S/c1-3-20(2)17(26)24(19(27)23-20)10-16(25)22-18-21-15(11-28-18)14-8-7-12-5-4-6-13(12)9-14/h7-9,11H,3-6,10H2,1-2H3,(H,23,27)(H,21,22,25)/t20-/m1/s1. The van der Waals surface area contributed by atoms with Gasteiger partial charge in [-0.15, -0.1) is 11.3 Å². The van der Waals surface area contributed by atoms with Crippen LogP contribution < -0.4 is 10.6 Å². The zero-order valence-corrected chi connectivity index (χ0v) is 16.7. The number of fused-ring (bicyclic) bond motifs is 1. The van der Waals surface area contributed by atoms with Gasteiger partial charge in [-0.05, 0) is 49.8 Å². The molecule has 2 N–H and O–H groups in total. The molecule has 1 aromatic heterocycles. The molecule has 1 fully saturated rings. The second-order valence-electron chi connectivity index (χ2n) is 7.43. The number of aryl methyl sites for hydroxylation is 2. The van der Waals surface area contributed by atoms with Gasteiger partial charge < -0.3 is 10.6 Å². The fraction of sp³-hybridized carbons (Fsp3) is 0.400. The van der Waals surface area contributed by atoms with E-state index in [0.29, 0.717) is 11.6 Å². The fourth-order valence-corrected chi connectivity index (χ4v) is 4.36. The molecular formula is C20H22N4O3S. The van der Waals surface area contributed by atoms with Crippen molar-refractivity contribution in [3.05, 3.63) is 34.7 Å². The van der Waals surface area contributed by atoms with Crippen LogP contribution in [0.3, 0.4) is 0 Å². The number of benzene rings is 1. The highest BCUT2D eigenvalue weighted by atomic mass is 32.1. The Morgan fingerprint density at radius 3 is 2.86 bits per heavy atom. The van der Waals surface area contributed by atoms with Crippen LogP contribution in [0.4, 0.5) is 9.93 Å². The van der Waals surface area contributed by atoms with Gasteiger partial charge in [0.1, 0.15) is 12.1 Å². The van der Waals surface area contributed by atoms with Crippen LogP contribution in [-0.4, -0.2) is 39.8 Å². The van der Waals surface area contributed by atoms with Crippen LogP contribution >= 0.6 is 11.3 Å². The van der Waals surface area contributed by atoms with Crippen molar-refractivity contribution in [2.45, 2.75) is 45.1 Å². The van der Waals surface area contributed by atoms with E-state index < -0.39 is 17.5 Å². The first-order chi connectivity index (χ1) is 13.4. The number of aromatic nitrogens is 1. The molecule has 0 radical (unpaired) electrons. The highest BCUT2D eigenvalue weighted by Crippen LogP contribution is 2.30. The summed E-state index contributed by atoms with van der Waals surface area (Å²) in [5.74, 6) is -0.827. The van der Waals surface area contributed by atoms with Crippen LogP contribution in [0, 0.1) is 0 Å². The Hall–Kier alpha value is -2.74. The lowest BCUT2D eigenvalue weighted by Crippen LogP contribution is -2.44. The average molecular weight is 398 g/mol. The number of carbonyl (C=O) groups is 3. The molecule has 1 aliphatic heterocycles. The van der Waals surface area contributed by atoms with E-state index in [-0.39, 0.29) is 12.5 Å². The third-order valence-electron chi connectivity index (χ3n) is 5.50. The molecule has 0 saturated carbocycles. The molecule has 0 spiro atoms. The summed E-state index contributed by atoms with van der Waals surface area (Å²) in [7, 11) is 0. The van der Waals surface area contributed by atoms with E-state index in [1.807, 2.05) is 12.3 Å². The van der Waals surface area contributed by atoms with Gasteiger partial charge in [-0.1, -0.05) is 19.1 Å². The number of nitrogens with zero attached hydrogens (tertiary/aromatic N) is 2. The number of anilines is 1. The zero-order chi connectivity index (χ0) is 19.9. The molecule has 8 heteroatoms. The average Bonchev–Trinajstić information content (AvgIpc) is 3.37. The number of nitrogens with one attached hydrogen (secondary N) is 2. The number of thiazole rings is 1. The Labute approximate surface area is 167 Å². The number of hydrogen-bond acceptors (Lipinski definition) is 5. The Bertz CT molecular complexity index is 970. The predicted molar refractivity (Wildman–Crippen MR) is 107 cm³/mol. The zero-order valence-electron chi connectivity index (χ0n) is 15.9. The van der Waals surface area contributed by atoms with E-state index in [0.717, 1.165) is 29.0 Å². The van der Waals surface area contributed by atoms with Crippen LogP contribution in [0.25, 0.3) is 11.3 Å². The van der Waals surface area contributed by atoms with Gasteiger partial charge in [-0.25, -0.2) is 9.78 Å². The van der Waals surface area contributed by atoms with Crippen molar-refractivity contribution in [3.8, 4) is 11.3 Å². The normalized spacial score (nSPS) is 21.0.